The number of aromatic carboxylic acids is 1. The van der Waals surface area contributed by atoms with Gasteiger partial charge in [0.2, 0.25) is 0 Å². The van der Waals surface area contributed by atoms with Crippen molar-refractivity contribution in [3.05, 3.63) is 79.4 Å². The smallest absolute Gasteiger partial charge is 0.338 e. The molecule has 2 fully saturated rings. The fraction of sp³-hybridized carbons (Fsp3) is 0.394. The number of benzene rings is 1. The number of halogens is 3. The molecule has 2 aliphatic carbocycles. The normalized spacial score (nSPS) is 22.4. The summed E-state index contributed by atoms with van der Waals surface area (Å²) in [6.07, 6.45) is 4.86. The Bertz CT molecular complexity index is 1960. The van der Waals surface area contributed by atoms with E-state index in [1.165, 1.54) is 11.3 Å². The summed E-state index contributed by atoms with van der Waals surface area (Å²) in [4.78, 5) is 36.6. The summed E-state index contributed by atoms with van der Waals surface area (Å²) in [5, 5.41) is 11.6. The predicted molar refractivity (Wildman–Crippen MR) is 166 cm³/mol. The average molecular weight is 635 g/mol. The maximum Gasteiger partial charge on any atom is 0.338 e. The monoisotopic (exact) mass is 634 g/mol. The van der Waals surface area contributed by atoms with E-state index < -0.39 is 17.3 Å². The number of hydrogen-bond donors (Lipinski definition) is 1. The number of aromatic nitrogens is 3. The predicted octanol–water partition coefficient (Wildman–Crippen LogP) is 6.21. The van der Waals surface area contributed by atoms with Gasteiger partial charge >= 0.3 is 5.97 Å². The van der Waals surface area contributed by atoms with Crippen LogP contribution in [0.2, 0.25) is 5.02 Å². The highest BCUT2D eigenvalue weighted by Crippen LogP contribution is 2.64. The lowest BCUT2D eigenvalue weighted by Crippen LogP contribution is -2.48. The number of pyridine rings is 1. The van der Waals surface area contributed by atoms with Crippen LogP contribution in [0.1, 0.15) is 58.7 Å². The van der Waals surface area contributed by atoms with Gasteiger partial charge in [0, 0.05) is 57.9 Å². The summed E-state index contributed by atoms with van der Waals surface area (Å²) < 4.78 is 30.6. The number of carbonyl (C=O) groups is 1. The number of alkyl halides is 2. The molecule has 3 aromatic heterocycles. The summed E-state index contributed by atoms with van der Waals surface area (Å²) in [6, 6.07) is 7.21. The van der Waals surface area contributed by atoms with Crippen molar-refractivity contribution in [3.63, 3.8) is 0 Å². The van der Waals surface area contributed by atoms with Crippen LogP contribution in [0.25, 0.3) is 21.3 Å². The van der Waals surface area contributed by atoms with Crippen molar-refractivity contribution in [2.24, 2.45) is 5.41 Å². The Hall–Kier alpha value is -3.65. The van der Waals surface area contributed by atoms with Gasteiger partial charge in [-0.1, -0.05) is 23.4 Å². The fourth-order valence-electron chi connectivity index (χ4n) is 6.97. The van der Waals surface area contributed by atoms with Crippen molar-refractivity contribution >= 4 is 39.1 Å². The first kappa shape index (κ1) is 29.1. The van der Waals surface area contributed by atoms with Gasteiger partial charge in [-0.15, -0.1) is 11.3 Å². The number of nitrogens with zero attached hydrogens (tertiary/aromatic N) is 4. The Morgan fingerprint density at radius 2 is 2.09 bits per heavy atom. The first-order valence-corrected chi connectivity index (χ1v) is 15.9. The molecule has 1 aromatic carbocycles. The van der Waals surface area contributed by atoms with Crippen molar-refractivity contribution in [1.29, 1.82) is 0 Å². The van der Waals surface area contributed by atoms with E-state index in [2.05, 4.69) is 21.7 Å². The number of hydrogen-bond acceptors (Lipinski definition) is 6. The van der Waals surface area contributed by atoms with Gasteiger partial charge < -0.3 is 5.11 Å². The van der Waals surface area contributed by atoms with E-state index in [1.807, 2.05) is 12.1 Å². The molecule has 11 heteroatoms. The minimum Gasteiger partial charge on any atom is -0.478 e. The Balaban J connectivity index is 1.16. The largest absolute Gasteiger partial charge is 0.478 e. The molecule has 0 amide bonds. The molecule has 7 rings (SSSR count). The van der Waals surface area contributed by atoms with Gasteiger partial charge in [-0.25, -0.2) is 18.6 Å². The van der Waals surface area contributed by atoms with E-state index >= 15 is 0 Å². The first-order valence-electron chi connectivity index (χ1n) is 14.7. The Kier molecular flexibility index (Phi) is 7.11. The Morgan fingerprint density at radius 3 is 2.86 bits per heavy atom. The third-order valence-electron chi connectivity index (χ3n) is 9.44. The quantitative estimate of drug-likeness (QED) is 0.269. The molecular formula is C33H29ClF2N4O3S. The summed E-state index contributed by atoms with van der Waals surface area (Å²) in [7, 11) is 0. The Morgan fingerprint density at radius 1 is 1.27 bits per heavy atom. The topological polar surface area (TPSA) is 88.3 Å². The highest BCUT2D eigenvalue weighted by Gasteiger charge is 2.71. The molecule has 7 nitrogen and oxygen atoms in total. The molecule has 3 aliphatic rings. The lowest BCUT2D eigenvalue weighted by molar-refractivity contribution is 0.0105. The molecule has 4 heterocycles. The van der Waals surface area contributed by atoms with E-state index in [9.17, 15) is 23.5 Å². The summed E-state index contributed by atoms with van der Waals surface area (Å²) >= 11 is 7.67. The van der Waals surface area contributed by atoms with E-state index in [-0.39, 0.29) is 30.1 Å². The molecule has 1 saturated carbocycles. The summed E-state index contributed by atoms with van der Waals surface area (Å²) in [5.74, 6) is 3.31. The average Bonchev–Trinajstić information content (AvgIpc) is 3.29. The summed E-state index contributed by atoms with van der Waals surface area (Å²) in [5.41, 5.74) is 3.21. The lowest BCUT2D eigenvalue weighted by atomic mass is 9.87. The second kappa shape index (κ2) is 10.8. The molecule has 1 spiro atoms. The zero-order chi connectivity index (χ0) is 30.8. The van der Waals surface area contributed by atoms with Crippen molar-refractivity contribution in [2.45, 2.75) is 64.0 Å². The molecule has 0 bridgehead atoms. The molecule has 44 heavy (non-hydrogen) atoms. The van der Waals surface area contributed by atoms with Crippen LogP contribution in [0.3, 0.4) is 0 Å². The number of fused-ring (bicyclic) bond motifs is 2. The highest BCUT2D eigenvalue weighted by molar-refractivity contribution is 7.18. The molecule has 0 unspecified atom stereocenters. The fourth-order valence-corrected chi connectivity index (χ4v) is 8.17. The van der Waals surface area contributed by atoms with Crippen LogP contribution in [-0.4, -0.2) is 55.6 Å². The SMILES string of the molecule is Cc1nc2c(c(=O)n1CC#Cc1ccc(Cl)cc1-c1ccnc3c(C(=O)O)csc13)C[C@H](N1CCC[C@@]3(C1)CC3(F)F)CC2. The number of rotatable bonds is 4. The van der Waals surface area contributed by atoms with Crippen molar-refractivity contribution < 1.29 is 18.7 Å². The minimum absolute atomic E-state index is 0.0237. The van der Waals surface area contributed by atoms with Crippen LogP contribution < -0.4 is 5.56 Å². The van der Waals surface area contributed by atoms with Crippen molar-refractivity contribution in [2.75, 3.05) is 13.1 Å². The molecule has 4 aromatic rings. The molecule has 1 aliphatic heterocycles. The van der Waals surface area contributed by atoms with Gasteiger partial charge in [0.1, 0.15) is 5.82 Å². The zero-order valence-electron chi connectivity index (χ0n) is 24.0. The van der Waals surface area contributed by atoms with Crippen LogP contribution in [0.4, 0.5) is 8.78 Å². The third-order valence-corrected chi connectivity index (χ3v) is 10.7. The molecule has 2 atom stereocenters. The lowest BCUT2D eigenvalue weighted by Gasteiger charge is -2.40. The van der Waals surface area contributed by atoms with E-state index in [0.29, 0.717) is 53.3 Å². The number of thiophene rings is 1. The van der Waals surface area contributed by atoms with Gasteiger partial charge in [0.05, 0.1) is 33.4 Å². The second-order valence-electron chi connectivity index (χ2n) is 12.1. The number of aryl methyl sites for hydroxylation is 2. The van der Waals surface area contributed by atoms with E-state index in [0.717, 1.165) is 40.9 Å². The molecule has 1 saturated heterocycles. The first-order chi connectivity index (χ1) is 21.1. The molecule has 1 N–H and O–H groups in total. The van der Waals surface area contributed by atoms with Gasteiger partial charge in [0.25, 0.3) is 11.5 Å². The van der Waals surface area contributed by atoms with Gasteiger partial charge in [0.15, 0.2) is 0 Å². The van der Waals surface area contributed by atoms with E-state index in [1.54, 1.807) is 35.2 Å². The van der Waals surface area contributed by atoms with Crippen LogP contribution in [0.15, 0.2) is 40.6 Å². The maximum atomic E-state index is 14.2. The zero-order valence-corrected chi connectivity index (χ0v) is 25.6. The number of carboxylic acid groups (broad SMARTS) is 1. The van der Waals surface area contributed by atoms with Crippen LogP contribution in [-0.2, 0) is 19.4 Å². The van der Waals surface area contributed by atoms with Crippen molar-refractivity contribution in [1.82, 2.24) is 19.4 Å². The second-order valence-corrected chi connectivity index (χ2v) is 13.4. The number of piperidine rings is 1. The van der Waals surface area contributed by atoms with Crippen LogP contribution in [0.5, 0.6) is 0 Å². The maximum absolute atomic E-state index is 14.2. The highest BCUT2D eigenvalue weighted by atomic mass is 35.5. The van der Waals surface area contributed by atoms with Crippen LogP contribution in [0, 0.1) is 24.2 Å². The molecular weight excluding hydrogens is 606 g/mol. The third kappa shape index (κ3) is 4.91. The summed E-state index contributed by atoms with van der Waals surface area (Å²) in [6.45, 7) is 3.12. The number of carboxylic acids is 1. The van der Waals surface area contributed by atoms with Gasteiger partial charge in [-0.2, -0.15) is 0 Å². The molecule has 0 radical (unpaired) electrons. The minimum atomic E-state index is -2.57. The Labute approximate surface area is 261 Å². The van der Waals surface area contributed by atoms with E-state index in [4.69, 9.17) is 16.6 Å². The standard InChI is InChI=1S/C33H29ClF2N4O3S/c1-19-38-27-8-7-22(39-12-3-10-32(18-39)17-33(32,35)36)15-25(27)30(41)40(19)13-2-4-20-5-6-21(34)14-24(20)23-9-11-37-28-26(31(42)43)16-44-29(23)28/h5-6,9,11,14,16,22H,3,7-8,10,12-13,15,17-18H2,1H3,(H,42,43)/t22-,32+/m1/s1. The van der Waals surface area contributed by atoms with Crippen molar-refractivity contribution in [3.8, 4) is 23.0 Å². The number of likely N-dealkylation sites (tertiary alicyclic amines) is 1. The molecule has 226 valence electrons. The van der Waals surface area contributed by atoms with Gasteiger partial charge in [-0.3, -0.25) is 19.2 Å². The van der Waals surface area contributed by atoms with Crippen LogP contribution >= 0.6 is 22.9 Å². The van der Waals surface area contributed by atoms with Gasteiger partial charge in [-0.05, 0) is 69.8 Å².